The maximum Gasteiger partial charge on any atom is 0.243 e. The second-order valence-electron chi connectivity index (χ2n) is 8.85. The molecule has 0 aliphatic carbocycles. The molecule has 0 aromatic heterocycles. The lowest BCUT2D eigenvalue weighted by Gasteiger charge is -2.22. The van der Waals surface area contributed by atoms with Gasteiger partial charge in [-0.15, -0.1) is 0 Å². The van der Waals surface area contributed by atoms with E-state index >= 15 is 0 Å². The topological polar surface area (TPSA) is 75.7 Å². The highest BCUT2D eigenvalue weighted by atomic mass is 32.2. The normalized spacial score (nSPS) is 15.0. The van der Waals surface area contributed by atoms with Gasteiger partial charge in [0, 0.05) is 19.5 Å². The molecule has 6 nitrogen and oxygen atoms in total. The first-order valence-electron chi connectivity index (χ1n) is 12.0. The molecule has 3 aromatic rings. The fraction of sp³-hybridized carbons (Fsp3) is 0.321. The largest absolute Gasteiger partial charge is 0.496 e. The van der Waals surface area contributed by atoms with Gasteiger partial charge in [-0.2, -0.15) is 4.31 Å². The Labute approximate surface area is 208 Å². The molecule has 1 aliphatic heterocycles. The predicted molar refractivity (Wildman–Crippen MR) is 137 cm³/mol. The van der Waals surface area contributed by atoms with Gasteiger partial charge in [-0.25, -0.2) is 8.42 Å². The lowest BCUT2D eigenvalue weighted by atomic mass is 9.94. The molecule has 1 saturated heterocycles. The zero-order valence-corrected chi connectivity index (χ0v) is 21.1. The van der Waals surface area contributed by atoms with Crippen LogP contribution in [0.4, 0.5) is 0 Å². The van der Waals surface area contributed by atoms with Crippen LogP contribution in [0.15, 0.2) is 77.7 Å². The van der Waals surface area contributed by atoms with Crippen molar-refractivity contribution in [3.63, 3.8) is 0 Å². The molecular formula is C28H32N2O4S. The second-order valence-corrected chi connectivity index (χ2v) is 10.8. The third-order valence-electron chi connectivity index (χ3n) is 6.51. The van der Waals surface area contributed by atoms with Gasteiger partial charge >= 0.3 is 0 Å². The number of carbonyl (C=O) groups is 1. The quantitative estimate of drug-likeness (QED) is 0.473. The molecule has 0 spiro atoms. The Hall–Kier alpha value is -3.16. The number of amides is 1. The van der Waals surface area contributed by atoms with Crippen molar-refractivity contribution >= 4 is 15.9 Å². The van der Waals surface area contributed by atoms with E-state index in [1.54, 1.807) is 25.3 Å². The Morgan fingerprint density at radius 1 is 1.00 bits per heavy atom. The van der Waals surface area contributed by atoms with Crippen LogP contribution < -0.4 is 10.1 Å². The van der Waals surface area contributed by atoms with Gasteiger partial charge < -0.3 is 10.1 Å². The van der Waals surface area contributed by atoms with E-state index in [-0.39, 0.29) is 23.3 Å². The van der Waals surface area contributed by atoms with Crippen molar-refractivity contribution in [3.8, 4) is 5.75 Å². The fourth-order valence-corrected chi connectivity index (χ4v) is 6.13. The van der Waals surface area contributed by atoms with E-state index in [4.69, 9.17) is 4.74 Å². The molecule has 1 fully saturated rings. The first-order chi connectivity index (χ1) is 16.9. The molecule has 184 valence electrons. The number of carbonyl (C=O) groups excluding carboxylic acids is 1. The Morgan fingerprint density at radius 3 is 2.37 bits per heavy atom. The van der Waals surface area contributed by atoms with Crippen molar-refractivity contribution in [3.05, 3.63) is 95.1 Å². The van der Waals surface area contributed by atoms with Gasteiger partial charge in [0.2, 0.25) is 15.9 Å². The van der Waals surface area contributed by atoms with E-state index in [0.717, 1.165) is 29.5 Å². The van der Waals surface area contributed by atoms with Crippen LogP contribution in [0.3, 0.4) is 0 Å². The summed E-state index contributed by atoms with van der Waals surface area (Å²) in [7, 11) is -1.99. The molecule has 3 aromatic carbocycles. The van der Waals surface area contributed by atoms with E-state index in [0.29, 0.717) is 30.8 Å². The zero-order chi connectivity index (χ0) is 24.8. The SMILES string of the molecule is COc1ccc(S(=O)(=O)N2CCCC2)cc1CCC(=O)N[C@@H](c1ccccc1)c1ccccc1C. The number of aryl methyl sites for hydroxylation is 2. The van der Waals surface area contributed by atoms with Crippen molar-refractivity contribution in [1.29, 1.82) is 0 Å². The van der Waals surface area contributed by atoms with Crippen LogP contribution in [0.2, 0.25) is 0 Å². The molecule has 1 amide bonds. The second kappa shape index (κ2) is 11.1. The van der Waals surface area contributed by atoms with Crippen LogP contribution in [0, 0.1) is 6.92 Å². The zero-order valence-electron chi connectivity index (χ0n) is 20.2. The van der Waals surface area contributed by atoms with Crippen LogP contribution in [-0.4, -0.2) is 38.8 Å². The summed E-state index contributed by atoms with van der Waals surface area (Å²) in [4.78, 5) is 13.3. The highest BCUT2D eigenvalue weighted by Crippen LogP contribution is 2.28. The lowest BCUT2D eigenvalue weighted by Crippen LogP contribution is -2.30. The number of ether oxygens (including phenoxy) is 1. The van der Waals surface area contributed by atoms with E-state index in [1.165, 1.54) is 4.31 Å². The third-order valence-corrected chi connectivity index (χ3v) is 8.41. The molecule has 1 atom stereocenters. The van der Waals surface area contributed by atoms with Crippen LogP contribution in [0.25, 0.3) is 0 Å². The lowest BCUT2D eigenvalue weighted by molar-refractivity contribution is -0.121. The molecule has 1 aliphatic rings. The Kier molecular flexibility index (Phi) is 7.88. The van der Waals surface area contributed by atoms with E-state index < -0.39 is 10.0 Å². The van der Waals surface area contributed by atoms with Crippen molar-refractivity contribution in [2.45, 2.75) is 43.5 Å². The molecule has 4 rings (SSSR count). The average molecular weight is 493 g/mol. The van der Waals surface area contributed by atoms with Crippen molar-refractivity contribution in [2.24, 2.45) is 0 Å². The summed E-state index contributed by atoms with van der Waals surface area (Å²) >= 11 is 0. The first kappa shape index (κ1) is 24.9. The first-order valence-corrected chi connectivity index (χ1v) is 13.4. The summed E-state index contributed by atoms with van der Waals surface area (Å²) in [6.45, 7) is 3.13. The van der Waals surface area contributed by atoms with Crippen LogP contribution in [0.1, 0.15) is 47.6 Å². The van der Waals surface area contributed by atoms with E-state index in [2.05, 4.69) is 5.32 Å². The Balaban J connectivity index is 1.52. The van der Waals surface area contributed by atoms with Gasteiger partial charge in [-0.1, -0.05) is 54.6 Å². The highest BCUT2D eigenvalue weighted by molar-refractivity contribution is 7.89. The number of benzene rings is 3. The Morgan fingerprint density at radius 2 is 1.69 bits per heavy atom. The Bertz CT molecular complexity index is 1270. The number of nitrogens with zero attached hydrogens (tertiary/aromatic N) is 1. The number of hydrogen-bond acceptors (Lipinski definition) is 4. The van der Waals surface area contributed by atoms with Gasteiger partial charge in [0.25, 0.3) is 0 Å². The number of nitrogens with one attached hydrogen (secondary N) is 1. The summed E-state index contributed by atoms with van der Waals surface area (Å²) in [5, 5.41) is 3.18. The molecule has 35 heavy (non-hydrogen) atoms. The minimum atomic E-state index is -3.54. The maximum absolute atomic E-state index is 13.1. The molecule has 1 heterocycles. The molecule has 0 saturated carbocycles. The third kappa shape index (κ3) is 5.74. The molecule has 1 N–H and O–H groups in total. The highest BCUT2D eigenvalue weighted by Gasteiger charge is 2.28. The summed E-state index contributed by atoms with van der Waals surface area (Å²) in [5.74, 6) is 0.466. The number of hydrogen-bond donors (Lipinski definition) is 1. The summed E-state index contributed by atoms with van der Waals surface area (Å²) in [6, 6.07) is 22.6. The van der Waals surface area contributed by atoms with E-state index in [9.17, 15) is 13.2 Å². The van der Waals surface area contributed by atoms with Crippen LogP contribution >= 0.6 is 0 Å². The minimum absolute atomic E-state index is 0.114. The summed E-state index contributed by atoms with van der Waals surface area (Å²) < 4.78 is 33.0. The van der Waals surface area contributed by atoms with E-state index in [1.807, 2.05) is 61.5 Å². The monoisotopic (exact) mass is 492 g/mol. The van der Waals surface area contributed by atoms with Gasteiger partial charge in [0.15, 0.2) is 0 Å². The summed E-state index contributed by atoms with van der Waals surface area (Å²) in [6.07, 6.45) is 2.34. The smallest absolute Gasteiger partial charge is 0.243 e. The molecular weight excluding hydrogens is 460 g/mol. The van der Waals surface area contributed by atoms with Crippen molar-refractivity contribution in [2.75, 3.05) is 20.2 Å². The average Bonchev–Trinajstić information content (AvgIpc) is 3.43. The molecule has 0 radical (unpaired) electrons. The van der Waals surface area contributed by atoms with Gasteiger partial charge in [-0.05, 0) is 66.6 Å². The summed E-state index contributed by atoms with van der Waals surface area (Å²) in [5.41, 5.74) is 3.85. The van der Waals surface area contributed by atoms with Crippen molar-refractivity contribution in [1.82, 2.24) is 9.62 Å². The number of methoxy groups -OCH3 is 1. The van der Waals surface area contributed by atoms with Crippen molar-refractivity contribution < 1.29 is 17.9 Å². The standard InChI is InChI=1S/C28H32N2O4S/c1-21-10-6-7-13-25(21)28(22-11-4-3-5-12-22)29-27(31)17-14-23-20-24(15-16-26(23)34-2)35(32,33)30-18-8-9-19-30/h3-7,10-13,15-16,20,28H,8-9,14,17-19H2,1-2H3,(H,29,31)/t28-/m0/s1. The van der Waals surface area contributed by atoms with Crippen LogP contribution in [-0.2, 0) is 21.2 Å². The fourth-order valence-electron chi connectivity index (χ4n) is 4.57. The maximum atomic E-state index is 13.1. The number of rotatable bonds is 9. The van der Waals surface area contributed by atoms with Crippen LogP contribution in [0.5, 0.6) is 5.75 Å². The molecule has 7 heteroatoms. The predicted octanol–water partition coefficient (Wildman–Crippen LogP) is 4.63. The van der Waals surface area contributed by atoms with Gasteiger partial charge in [0.1, 0.15) is 5.75 Å². The molecule has 0 bridgehead atoms. The number of sulfonamides is 1. The minimum Gasteiger partial charge on any atom is -0.496 e. The molecule has 0 unspecified atom stereocenters. The van der Waals surface area contributed by atoms with Gasteiger partial charge in [-0.3, -0.25) is 4.79 Å². The van der Waals surface area contributed by atoms with Gasteiger partial charge in [0.05, 0.1) is 18.0 Å².